The molecule has 16 rings (SSSR count). The van der Waals surface area contributed by atoms with Gasteiger partial charge in [-0.2, -0.15) is 0 Å². The van der Waals surface area contributed by atoms with Crippen LogP contribution in [0.5, 0.6) is 0 Å². The summed E-state index contributed by atoms with van der Waals surface area (Å²) >= 11 is 0. The molecule has 3 N–H and O–H groups in total. The average molecular weight is 852 g/mol. The standard InChI is InChI=1S/C55H69N3O5/c1-4-52(3)19-17-35-25-40-31(2)22-36-15-16-42-37-23-33-28-57(30-37)38(24-32-10-6-5-7-11-32)26-43(59)49-53-20-18-39(46(40)48(36)58(42)29-33)47(35)54(53,51(61)62-49)44(27-52)55(53)41-14-8-12-34(13-9-21-56)45(41)50(60)63-55/h8,12,14-16,25,31-33,37-38,40,42,44,46,59H,4-7,9-11,13,17-24,26-30,56H2,1-3H3/b49-43-/t31-,33-,37+,38+,40+,42+,44+,46+,52-,53-,54-,55-/m1/s1. The number of hydrogen-bond donors (Lipinski definition) is 2. The maximum Gasteiger partial charge on any atom is 0.339 e. The monoisotopic (exact) mass is 852 g/mol. The molecular formula is C55H69N3O5. The zero-order valence-corrected chi connectivity index (χ0v) is 38.1. The molecule has 6 fully saturated rings. The molecule has 0 amide bonds. The number of allylic oxidation sites excluding steroid dienone is 5. The maximum absolute atomic E-state index is 16.1. The predicted octanol–water partition coefficient (Wildman–Crippen LogP) is 9.96. The van der Waals surface area contributed by atoms with Gasteiger partial charge in [0, 0.05) is 55.2 Å². The molecule has 1 aromatic carbocycles. The topological polar surface area (TPSA) is 105 Å². The molecule has 15 aliphatic rings. The largest absolute Gasteiger partial charge is 0.509 e. The second-order valence-electron chi connectivity index (χ2n) is 23.3. The van der Waals surface area contributed by atoms with E-state index in [-0.39, 0.29) is 41.0 Å². The van der Waals surface area contributed by atoms with Gasteiger partial charge in [0.1, 0.15) is 11.2 Å². The number of nitrogens with two attached hydrogens (primary N) is 1. The maximum atomic E-state index is 16.1. The number of ether oxygens (including phenoxy) is 2. The van der Waals surface area contributed by atoms with Gasteiger partial charge in [-0.1, -0.05) is 101 Å². The molecule has 3 spiro atoms. The molecule has 0 radical (unpaired) electrons. The lowest BCUT2D eigenvalue weighted by atomic mass is 9.27. The van der Waals surface area contributed by atoms with Gasteiger partial charge in [-0.25, -0.2) is 4.79 Å². The van der Waals surface area contributed by atoms with Gasteiger partial charge in [0.05, 0.1) is 17.0 Å². The molecule has 3 saturated heterocycles. The zero-order chi connectivity index (χ0) is 42.8. The van der Waals surface area contributed by atoms with Gasteiger partial charge in [-0.3, -0.25) is 9.69 Å². The van der Waals surface area contributed by atoms with Gasteiger partial charge in [-0.15, -0.1) is 0 Å². The van der Waals surface area contributed by atoms with Crippen LogP contribution in [-0.2, 0) is 26.3 Å². The van der Waals surface area contributed by atoms with Crippen molar-refractivity contribution in [3.05, 3.63) is 92.6 Å². The number of carbonyl (C=O) groups excluding carboxylic acids is 2. The van der Waals surface area contributed by atoms with Gasteiger partial charge in [-0.05, 0) is 128 Å². The molecule has 334 valence electrons. The van der Waals surface area contributed by atoms with Gasteiger partial charge in [0.2, 0.25) is 0 Å². The Labute approximate surface area is 374 Å². The van der Waals surface area contributed by atoms with Crippen molar-refractivity contribution in [3.8, 4) is 0 Å². The van der Waals surface area contributed by atoms with E-state index in [4.69, 9.17) is 15.2 Å². The molecule has 0 aromatic heterocycles. The predicted molar refractivity (Wildman–Crippen MR) is 242 cm³/mol. The number of aliphatic hydroxyl groups excluding tert-OH is 1. The molecule has 1 unspecified atom stereocenters. The molecule has 8 nitrogen and oxygen atoms in total. The number of aryl methyl sites for hydroxylation is 1. The van der Waals surface area contributed by atoms with Crippen molar-refractivity contribution in [1.82, 2.24) is 9.80 Å². The molecule has 9 aliphatic heterocycles. The lowest BCUT2D eigenvalue weighted by Crippen LogP contribution is -2.78. The Morgan fingerprint density at radius 2 is 1.89 bits per heavy atom. The van der Waals surface area contributed by atoms with E-state index in [0.29, 0.717) is 72.8 Å². The van der Waals surface area contributed by atoms with Crippen LogP contribution in [0.3, 0.4) is 0 Å². The van der Waals surface area contributed by atoms with Crippen molar-refractivity contribution < 1.29 is 24.2 Å². The van der Waals surface area contributed by atoms with E-state index in [9.17, 15) is 9.90 Å². The Morgan fingerprint density at radius 3 is 2.71 bits per heavy atom. The summed E-state index contributed by atoms with van der Waals surface area (Å²) in [6.07, 6.45) is 24.5. The van der Waals surface area contributed by atoms with Crippen molar-refractivity contribution in [2.45, 2.75) is 148 Å². The smallest absolute Gasteiger partial charge is 0.339 e. The number of hydrogen-bond acceptors (Lipinski definition) is 8. The summed E-state index contributed by atoms with van der Waals surface area (Å²) in [6.45, 7) is 10.9. The molecule has 8 heteroatoms. The van der Waals surface area contributed by atoms with Crippen LogP contribution in [0, 0.1) is 57.7 Å². The Morgan fingerprint density at radius 1 is 1.03 bits per heavy atom. The number of rotatable bonds is 6. The summed E-state index contributed by atoms with van der Waals surface area (Å²) < 4.78 is 14.3. The number of carbonyl (C=O) groups is 2. The van der Waals surface area contributed by atoms with Gasteiger partial charge in [0.15, 0.2) is 11.4 Å². The van der Waals surface area contributed by atoms with Crippen LogP contribution in [0.4, 0.5) is 0 Å². The van der Waals surface area contributed by atoms with E-state index in [1.165, 1.54) is 60.8 Å². The summed E-state index contributed by atoms with van der Waals surface area (Å²) in [6, 6.07) is 6.82. The van der Waals surface area contributed by atoms with Crippen molar-refractivity contribution in [3.63, 3.8) is 0 Å². The number of esters is 2. The highest BCUT2D eigenvalue weighted by Gasteiger charge is 2.94. The van der Waals surface area contributed by atoms with E-state index in [1.807, 2.05) is 0 Å². The van der Waals surface area contributed by atoms with Crippen molar-refractivity contribution in [1.29, 1.82) is 0 Å². The van der Waals surface area contributed by atoms with Crippen LogP contribution in [-0.4, -0.2) is 65.1 Å². The number of benzene rings is 1. The highest BCUT2D eigenvalue weighted by Crippen LogP contribution is 2.88. The van der Waals surface area contributed by atoms with Crippen molar-refractivity contribution in [2.24, 2.45) is 63.4 Å². The fourth-order valence-electron chi connectivity index (χ4n) is 17.8. The van der Waals surface area contributed by atoms with Gasteiger partial charge in [0.25, 0.3) is 0 Å². The lowest BCUT2D eigenvalue weighted by molar-refractivity contribution is -0.283. The van der Waals surface area contributed by atoms with Crippen LogP contribution in [0.1, 0.15) is 145 Å². The third-order valence-electron chi connectivity index (χ3n) is 20.5. The van der Waals surface area contributed by atoms with Gasteiger partial charge >= 0.3 is 11.9 Å². The van der Waals surface area contributed by atoms with Crippen LogP contribution in [0.25, 0.3) is 0 Å². The highest BCUT2D eigenvalue weighted by molar-refractivity contribution is 6.01. The molecule has 12 bridgehead atoms. The molecule has 1 aromatic rings. The second-order valence-corrected chi connectivity index (χ2v) is 23.3. The number of piperidine rings is 2. The third-order valence-corrected chi connectivity index (χ3v) is 20.5. The first kappa shape index (κ1) is 39.7. The highest BCUT2D eigenvalue weighted by atomic mass is 16.6. The minimum absolute atomic E-state index is 0.100. The lowest BCUT2D eigenvalue weighted by Gasteiger charge is -2.73. The molecule has 9 heterocycles. The normalized spacial score (nSPS) is 45.2. The Kier molecular flexibility index (Phi) is 8.65. The SMILES string of the molecule is CC[C@]1(C)CCC2=C[C@@H]3[C@@H]4C5=C2[C@]26C(=O)O/C(=C(\O)C[C@H](CC7CCCCC7)N7C[C@H]8C[C@@H](C7)[C@@H]7C=CC(=C4N7C8)C[C@H]3C)[C@@]2(CC5)[C@]2(OC(=O)c3c(CCCN)cccc32)[C@H]6C1. The summed E-state index contributed by atoms with van der Waals surface area (Å²) in [5, 5.41) is 13.3. The van der Waals surface area contributed by atoms with E-state index in [0.717, 1.165) is 82.1 Å². The summed E-state index contributed by atoms with van der Waals surface area (Å²) in [7, 11) is 0. The first-order chi connectivity index (χ1) is 30.6. The van der Waals surface area contributed by atoms with E-state index in [1.54, 1.807) is 5.70 Å². The molecular weight excluding hydrogens is 783 g/mol. The molecule has 6 aliphatic carbocycles. The number of aliphatic hydroxyl groups is 1. The minimum Gasteiger partial charge on any atom is -0.509 e. The van der Waals surface area contributed by atoms with E-state index < -0.39 is 16.4 Å². The fraction of sp³-hybridized carbons (Fsp3) is 0.673. The van der Waals surface area contributed by atoms with Crippen molar-refractivity contribution in [2.75, 3.05) is 26.2 Å². The molecule has 3 saturated carbocycles. The first-order valence-corrected chi connectivity index (χ1v) is 25.6. The Bertz CT molecular complexity index is 2370. The minimum atomic E-state index is -1.15. The van der Waals surface area contributed by atoms with Crippen molar-refractivity contribution >= 4 is 11.9 Å². The van der Waals surface area contributed by atoms with E-state index >= 15 is 4.79 Å². The van der Waals surface area contributed by atoms with Crippen LogP contribution in [0.2, 0.25) is 0 Å². The molecule has 63 heavy (non-hydrogen) atoms. The summed E-state index contributed by atoms with van der Waals surface area (Å²) in [4.78, 5) is 36.7. The summed E-state index contributed by atoms with van der Waals surface area (Å²) in [5.74, 6) is 2.59. The van der Waals surface area contributed by atoms with Crippen LogP contribution >= 0.6 is 0 Å². The Balaban J connectivity index is 1.10. The zero-order valence-electron chi connectivity index (χ0n) is 38.1. The third kappa shape index (κ3) is 4.91. The van der Waals surface area contributed by atoms with Crippen LogP contribution in [0.15, 0.2) is 75.9 Å². The average Bonchev–Trinajstić information content (AvgIpc) is 3.74. The first-order valence-electron chi connectivity index (χ1n) is 25.6. The number of nitrogens with zero attached hydrogens (tertiary/aromatic N) is 2. The quantitative estimate of drug-likeness (QED) is 0.273. The second kappa shape index (κ2) is 13.7. The number of fused-ring (bicyclic) bond motifs is 3. The summed E-state index contributed by atoms with van der Waals surface area (Å²) in [5.41, 5.74) is 12.3. The molecule has 13 atom stereocenters. The fourth-order valence-corrected chi connectivity index (χ4v) is 17.8. The van der Waals surface area contributed by atoms with E-state index in [2.05, 4.69) is 67.0 Å². The van der Waals surface area contributed by atoms with Gasteiger partial charge < -0.3 is 25.2 Å². The Hall–Kier alpha value is -3.62. The van der Waals surface area contributed by atoms with Crippen LogP contribution < -0.4 is 5.73 Å².